The molecule has 130 valence electrons. The van der Waals surface area contributed by atoms with Crippen LogP contribution in [-0.2, 0) is 4.79 Å². The molecule has 1 atom stereocenters. The third-order valence-electron chi connectivity index (χ3n) is 4.55. The fourth-order valence-electron chi connectivity index (χ4n) is 3.06. The summed E-state index contributed by atoms with van der Waals surface area (Å²) in [5.41, 5.74) is 2.06. The van der Waals surface area contributed by atoms with E-state index >= 15 is 0 Å². The maximum Gasteiger partial charge on any atom is 0.256 e. The Hall–Kier alpha value is -2.04. The van der Waals surface area contributed by atoms with E-state index in [0.717, 1.165) is 11.3 Å². The van der Waals surface area contributed by atoms with Crippen LogP contribution < -0.4 is 4.90 Å². The summed E-state index contributed by atoms with van der Waals surface area (Å²) in [6.45, 7) is 4.48. The van der Waals surface area contributed by atoms with Gasteiger partial charge in [-0.05, 0) is 43.7 Å². The van der Waals surface area contributed by atoms with Crippen molar-refractivity contribution in [3.8, 4) is 0 Å². The van der Waals surface area contributed by atoms with Crippen LogP contribution in [0, 0.1) is 6.92 Å². The van der Waals surface area contributed by atoms with Gasteiger partial charge in [0.05, 0.1) is 10.6 Å². The summed E-state index contributed by atoms with van der Waals surface area (Å²) < 4.78 is 0. The van der Waals surface area contributed by atoms with Crippen molar-refractivity contribution < 1.29 is 9.59 Å². The molecule has 2 aromatic carbocycles. The van der Waals surface area contributed by atoms with E-state index in [0.29, 0.717) is 28.7 Å². The number of amides is 2. The van der Waals surface area contributed by atoms with Crippen LogP contribution >= 0.6 is 23.2 Å². The number of rotatable bonds is 2. The number of carbonyl (C=O) groups is 2. The van der Waals surface area contributed by atoms with E-state index in [1.165, 1.54) is 0 Å². The highest BCUT2D eigenvalue weighted by Gasteiger charge is 2.36. The van der Waals surface area contributed by atoms with Gasteiger partial charge >= 0.3 is 0 Å². The third kappa shape index (κ3) is 3.24. The predicted molar refractivity (Wildman–Crippen MR) is 100 cm³/mol. The summed E-state index contributed by atoms with van der Waals surface area (Å²) in [4.78, 5) is 28.9. The molecule has 2 aromatic rings. The lowest BCUT2D eigenvalue weighted by Gasteiger charge is -2.39. The Morgan fingerprint density at radius 3 is 2.44 bits per heavy atom. The highest BCUT2D eigenvalue weighted by atomic mass is 35.5. The molecular weight excluding hydrogens is 359 g/mol. The average Bonchev–Trinajstić information content (AvgIpc) is 2.60. The summed E-state index contributed by atoms with van der Waals surface area (Å²) in [6, 6.07) is 11.8. The van der Waals surface area contributed by atoms with Crippen LogP contribution in [0.2, 0.25) is 10.0 Å². The zero-order valence-corrected chi connectivity index (χ0v) is 15.5. The second-order valence-electron chi connectivity index (χ2n) is 6.03. The SMILES string of the molecule is Cc1c(Cl)cccc1N1CCN(C(=O)c2ccccc2Cl)C(C)C1=O. The fourth-order valence-corrected chi connectivity index (χ4v) is 3.45. The van der Waals surface area contributed by atoms with Crippen molar-refractivity contribution in [2.75, 3.05) is 18.0 Å². The normalized spacial score (nSPS) is 17.8. The van der Waals surface area contributed by atoms with Gasteiger partial charge in [-0.25, -0.2) is 0 Å². The largest absolute Gasteiger partial charge is 0.325 e. The number of hydrogen-bond donors (Lipinski definition) is 0. The minimum absolute atomic E-state index is 0.128. The van der Waals surface area contributed by atoms with Gasteiger partial charge in [-0.1, -0.05) is 41.4 Å². The Bertz CT molecular complexity index is 838. The van der Waals surface area contributed by atoms with Crippen molar-refractivity contribution in [3.05, 3.63) is 63.6 Å². The van der Waals surface area contributed by atoms with E-state index in [9.17, 15) is 9.59 Å². The molecule has 0 N–H and O–H groups in total. The molecule has 0 spiro atoms. The topological polar surface area (TPSA) is 40.6 Å². The Balaban J connectivity index is 1.86. The molecule has 1 fully saturated rings. The molecule has 1 aliphatic heterocycles. The van der Waals surface area contributed by atoms with Crippen LogP contribution in [0.15, 0.2) is 42.5 Å². The number of carbonyl (C=O) groups excluding carboxylic acids is 2. The van der Waals surface area contributed by atoms with Gasteiger partial charge in [0.25, 0.3) is 5.91 Å². The smallest absolute Gasteiger partial charge is 0.256 e. The minimum atomic E-state index is -0.573. The van der Waals surface area contributed by atoms with Crippen LogP contribution in [0.5, 0.6) is 0 Å². The molecule has 1 unspecified atom stereocenters. The highest BCUT2D eigenvalue weighted by Crippen LogP contribution is 2.29. The van der Waals surface area contributed by atoms with Crippen LogP contribution in [0.25, 0.3) is 0 Å². The van der Waals surface area contributed by atoms with Gasteiger partial charge in [-0.2, -0.15) is 0 Å². The third-order valence-corrected chi connectivity index (χ3v) is 5.29. The molecule has 2 amide bonds. The highest BCUT2D eigenvalue weighted by molar-refractivity contribution is 6.34. The van der Waals surface area contributed by atoms with Gasteiger partial charge in [-0.3, -0.25) is 9.59 Å². The van der Waals surface area contributed by atoms with Crippen LogP contribution in [0.1, 0.15) is 22.8 Å². The molecule has 0 radical (unpaired) electrons. The predicted octanol–water partition coefficient (Wildman–Crippen LogP) is 4.18. The lowest BCUT2D eigenvalue weighted by atomic mass is 10.1. The van der Waals surface area contributed by atoms with E-state index in [-0.39, 0.29) is 11.8 Å². The van der Waals surface area contributed by atoms with E-state index in [1.54, 1.807) is 47.1 Å². The number of anilines is 1. The van der Waals surface area contributed by atoms with E-state index in [2.05, 4.69) is 0 Å². The first-order valence-corrected chi connectivity index (χ1v) is 8.79. The summed E-state index contributed by atoms with van der Waals surface area (Å²) in [7, 11) is 0. The second kappa shape index (κ2) is 7.06. The van der Waals surface area contributed by atoms with Crippen molar-refractivity contribution in [1.29, 1.82) is 0 Å². The lowest BCUT2D eigenvalue weighted by molar-refractivity contribution is -0.124. The van der Waals surface area contributed by atoms with E-state index in [4.69, 9.17) is 23.2 Å². The zero-order valence-electron chi connectivity index (χ0n) is 14.0. The van der Waals surface area contributed by atoms with E-state index < -0.39 is 6.04 Å². The standard InChI is InChI=1S/C19H18Cl2N2O2/c1-12-15(20)8-5-9-17(12)23-11-10-22(13(2)18(23)24)19(25)14-6-3-4-7-16(14)21/h3-9,13H,10-11H2,1-2H3. The van der Waals surface area contributed by atoms with Gasteiger partial charge in [0, 0.05) is 23.8 Å². The Morgan fingerprint density at radius 1 is 1.04 bits per heavy atom. The van der Waals surface area contributed by atoms with Crippen molar-refractivity contribution in [2.45, 2.75) is 19.9 Å². The van der Waals surface area contributed by atoms with E-state index in [1.807, 2.05) is 19.1 Å². The first-order valence-electron chi connectivity index (χ1n) is 8.04. The van der Waals surface area contributed by atoms with Gasteiger partial charge in [-0.15, -0.1) is 0 Å². The molecule has 1 saturated heterocycles. The summed E-state index contributed by atoms with van der Waals surface area (Å²) in [6.07, 6.45) is 0. The number of piperazine rings is 1. The maximum atomic E-state index is 12.9. The molecule has 25 heavy (non-hydrogen) atoms. The average molecular weight is 377 g/mol. The number of nitrogens with zero attached hydrogens (tertiary/aromatic N) is 2. The second-order valence-corrected chi connectivity index (χ2v) is 6.84. The van der Waals surface area contributed by atoms with Gasteiger partial charge in [0.15, 0.2) is 0 Å². The van der Waals surface area contributed by atoms with Crippen molar-refractivity contribution in [3.63, 3.8) is 0 Å². The van der Waals surface area contributed by atoms with Crippen LogP contribution in [0.4, 0.5) is 5.69 Å². The molecule has 0 aromatic heterocycles. The summed E-state index contributed by atoms with van der Waals surface area (Å²) in [5.74, 6) is -0.356. The molecule has 4 nitrogen and oxygen atoms in total. The molecule has 0 aliphatic carbocycles. The molecule has 1 heterocycles. The number of hydrogen-bond acceptors (Lipinski definition) is 2. The Morgan fingerprint density at radius 2 is 1.72 bits per heavy atom. The summed E-state index contributed by atoms with van der Waals surface area (Å²) in [5, 5.41) is 1.01. The van der Waals surface area contributed by atoms with Gasteiger partial charge in [0.2, 0.25) is 5.91 Å². The first-order chi connectivity index (χ1) is 11.9. The summed E-state index contributed by atoms with van der Waals surface area (Å²) >= 11 is 12.3. The Labute approximate surface area is 156 Å². The lowest BCUT2D eigenvalue weighted by Crippen LogP contribution is -2.58. The van der Waals surface area contributed by atoms with Crippen LogP contribution in [0.3, 0.4) is 0 Å². The molecular formula is C19H18Cl2N2O2. The molecule has 0 bridgehead atoms. The number of benzene rings is 2. The quantitative estimate of drug-likeness (QED) is 0.788. The van der Waals surface area contributed by atoms with Crippen molar-refractivity contribution >= 4 is 40.7 Å². The first kappa shape index (κ1) is 17.8. The fraction of sp³-hybridized carbons (Fsp3) is 0.263. The molecule has 0 saturated carbocycles. The molecule has 1 aliphatic rings. The minimum Gasteiger partial charge on any atom is -0.325 e. The Kier molecular flexibility index (Phi) is 5.02. The van der Waals surface area contributed by atoms with Crippen LogP contribution in [-0.4, -0.2) is 35.8 Å². The molecule has 6 heteroatoms. The monoisotopic (exact) mass is 376 g/mol. The van der Waals surface area contributed by atoms with Crippen molar-refractivity contribution in [1.82, 2.24) is 4.90 Å². The zero-order chi connectivity index (χ0) is 18.1. The number of halogens is 2. The maximum absolute atomic E-state index is 12.9. The van der Waals surface area contributed by atoms with Crippen molar-refractivity contribution in [2.24, 2.45) is 0 Å². The molecule has 3 rings (SSSR count). The van der Waals surface area contributed by atoms with Gasteiger partial charge < -0.3 is 9.80 Å². The van der Waals surface area contributed by atoms with Gasteiger partial charge in [0.1, 0.15) is 6.04 Å².